The number of rotatable bonds is 9. The van der Waals surface area contributed by atoms with Crippen molar-refractivity contribution in [3.05, 3.63) is 255 Å². The predicted octanol–water partition coefficient (Wildman–Crippen LogP) is 16.8. The van der Waals surface area contributed by atoms with E-state index in [4.69, 9.17) is 29.9 Å². The fourth-order valence-electron chi connectivity index (χ4n) is 10.1. The van der Waals surface area contributed by atoms with Crippen LogP contribution in [0.2, 0.25) is 0 Å². The second-order valence-electron chi connectivity index (χ2n) is 18.4. The molecule has 14 rings (SSSR count). The van der Waals surface area contributed by atoms with Crippen LogP contribution in [0.3, 0.4) is 0 Å². The van der Waals surface area contributed by atoms with Crippen LogP contribution in [-0.4, -0.2) is 34.5 Å². The van der Waals surface area contributed by atoms with Gasteiger partial charge in [0.15, 0.2) is 29.1 Å². The smallest absolute Gasteiger partial charge is 0.238 e. The average Bonchev–Trinajstić information content (AvgIpc) is 3.85. The molecule has 10 aromatic carbocycles. The van der Waals surface area contributed by atoms with Gasteiger partial charge in [-0.3, -0.25) is 4.90 Å². The van der Waals surface area contributed by atoms with Gasteiger partial charge in [0.1, 0.15) is 0 Å². The summed E-state index contributed by atoms with van der Waals surface area (Å²) in [4.78, 5) is 34.8. The predicted molar refractivity (Wildman–Crippen MR) is 304 cm³/mol. The van der Waals surface area contributed by atoms with Crippen molar-refractivity contribution >= 4 is 50.9 Å². The highest BCUT2D eigenvalue weighted by Crippen LogP contribution is 2.52. The van der Waals surface area contributed by atoms with Crippen molar-refractivity contribution in [2.75, 3.05) is 4.90 Å². The average molecular weight is 979 g/mol. The number of fused-ring (bicyclic) bond motifs is 5. The van der Waals surface area contributed by atoms with E-state index in [2.05, 4.69) is 143 Å². The largest absolute Gasteiger partial charge is 0.309 e. The molecule has 0 saturated heterocycles. The first-order chi connectivity index (χ1) is 37.1. The maximum absolute atomic E-state index is 5.17. The highest BCUT2D eigenvalue weighted by atomic mass is 32.2. The number of hydrogen-bond acceptors (Lipinski definition) is 8. The summed E-state index contributed by atoms with van der Waals surface area (Å²) in [6, 6.07) is 88.5. The quantitative estimate of drug-likeness (QED) is 0.141. The lowest BCUT2D eigenvalue weighted by Gasteiger charge is -2.31. The van der Waals surface area contributed by atoms with Gasteiger partial charge >= 0.3 is 0 Å². The van der Waals surface area contributed by atoms with Gasteiger partial charge in [-0.15, -0.1) is 0 Å². The van der Waals surface area contributed by atoms with Gasteiger partial charge in [0.2, 0.25) is 5.95 Å². The van der Waals surface area contributed by atoms with Crippen LogP contribution in [0.1, 0.15) is 0 Å². The first-order valence-corrected chi connectivity index (χ1v) is 25.7. The Hall–Kier alpha value is -9.83. The molecule has 0 unspecified atom stereocenters. The Labute approximate surface area is 437 Å². The molecule has 3 aromatic heterocycles. The van der Waals surface area contributed by atoms with Gasteiger partial charge < -0.3 is 4.57 Å². The minimum Gasteiger partial charge on any atom is -0.309 e. The molecule has 0 bridgehead atoms. The number of benzene rings is 10. The third-order valence-corrected chi connectivity index (χ3v) is 14.8. The van der Waals surface area contributed by atoms with Crippen LogP contribution in [0.4, 0.5) is 17.3 Å². The Morgan fingerprint density at radius 3 is 1.33 bits per heavy atom. The molecule has 0 spiro atoms. The molecule has 1 aliphatic rings. The minimum atomic E-state index is 0.561. The molecule has 13 aromatic rings. The third-order valence-electron chi connectivity index (χ3n) is 13.7. The fraction of sp³-hybridized carbons (Fsp3) is 0. The molecule has 0 radical (unpaired) electrons. The molecule has 8 nitrogen and oxygen atoms in total. The zero-order chi connectivity index (χ0) is 49.7. The SMILES string of the molecule is c1ccc(-c2nc(-c3ccccc3)nc(-c3cccc(-n4c5ccccc5c5ccc(-c6cccc(-c7ccc8c(c7)Sc7ccccc7N8c7nc(-c8ccccc8)nc(-c8ccccc8)n7)c6)cc54)c3)n2)cc1. The first-order valence-electron chi connectivity index (χ1n) is 24.8. The monoisotopic (exact) mass is 978 g/mol. The maximum Gasteiger partial charge on any atom is 0.238 e. The topological polar surface area (TPSA) is 85.5 Å². The highest BCUT2D eigenvalue weighted by molar-refractivity contribution is 7.99. The fourth-order valence-corrected chi connectivity index (χ4v) is 11.2. The van der Waals surface area contributed by atoms with E-state index in [-0.39, 0.29) is 0 Å². The zero-order valence-corrected chi connectivity index (χ0v) is 41.1. The van der Waals surface area contributed by atoms with Crippen LogP contribution in [0, 0.1) is 0 Å². The van der Waals surface area contributed by atoms with Crippen LogP contribution in [0.15, 0.2) is 265 Å². The summed E-state index contributed by atoms with van der Waals surface area (Å²) in [6.07, 6.45) is 0. The van der Waals surface area contributed by atoms with E-state index >= 15 is 0 Å². The molecule has 0 aliphatic carbocycles. The lowest BCUT2D eigenvalue weighted by atomic mass is 9.98. The Morgan fingerprint density at radius 1 is 0.267 bits per heavy atom. The molecule has 9 heteroatoms. The maximum atomic E-state index is 5.17. The first kappa shape index (κ1) is 43.9. The van der Waals surface area contributed by atoms with Crippen molar-refractivity contribution in [1.82, 2.24) is 34.5 Å². The van der Waals surface area contributed by atoms with Gasteiger partial charge in [-0.1, -0.05) is 212 Å². The van der Waals surface area contributed by atoms with E-state index in [9.17, 15) is 0 Å². The second kappa shape index (κ2) is 18.7. The molecular weight excluding hydrogens is 937 g/mol. The second-order valence-corrected chi connectivity index (χ2v) is 19.4. The number of aromatic nitrogens is 7. The van der Waals surface area contributed by atoms with E-state index in [0.29, 0.717) is 35.1 Å². The third kappa shape index (κ3) is 8.18. The van der Waals surface area contributed by atoms with Crippen molar-refractivity contribution < 1.29 is 0 Å². The van der Waals surface area contributed by atoms with Crippen LogP contribution in [0.25, 0.3) is 107 Å². The van der Waals surface area contributed by atoms with Crippen molar-refractivity contribution in [2.45, 2.75) is 9.79 Å². The number of hydrogen-bond donors (Lipinski definition) is 0. The van der Waals surface area contributed by atoms with Crippen molar-refractivity contribution in [3.8, 4) is 84.9 Å². The molecular formula is C66H42N8S. The van der Waals surface area contributed by atoms with Crippen molar-refractivity contribution in [2.24, 2.45) is 0 Å². The van der Waals surface area contributed by atoms with E-state index in [1.165, 1.54) is 10.8 Å². The summed E-state index contributed by atoms with van der Waals surface area (Å²) >= 11 is 1.77. The summed E-state index contributed by atoms with van der Waals surface area (Å²) < 4.78 is 2.36. The van der Waals surface area contributed by atoms with E-state index in [1.54, 1.807) is 11.8 Å². The van der Waals surface area contributed by atoms with Crippen LogP contribution in [0.5, 0.6) is 0 Å². The van der Waals surface area contributed by atoms with Crippen molar-refractivity contribution in [3.63, 3.8) is 0 Å². The van der Waals surface area contributed by atoms with Gasteiger partial charge in [0.05, 0.1) is 22.4 Å². The summed E-state index contributed by atoms with van der Waals surface area (Å²) in [5.41, 5.74) is 14.4. The molecule has 0 fully saturated rings. The Kier molecular flexibility index (Phi) is 10.9. The minimum absolute atomic E-state index is 0.561. The van der Waals surface area contributed by atoms with Crippen LogP contribution >= 0.6 is 11.8 Å². The van der Waals surface area contributed by atoms with Gasteiger partial charge in [-0.2, -0.15) is 9.97 Å². The number of para-hydroxylation sites is 2. The standard InChI is InChI=1S/C66H42N8S/c1-5-19-43(20-6-1)61-67-62(44-21-7-2-8-22-44)69-65(68-61)51-29-18-30-52(40-51)73-55-32-14-13-31-53(55)54-37-35-49(41-58(54)73)47-27-17-28-48(39-47)50-36-38-57-60(42-50)75-59-34-16-15-33-56(59)74(57)66-71-63(45-23-9-3-10-24-45)70-64(72-66)46-25-11-4-12-26-46/h1-42H. The Balaban J connectivity index is 0.846. The zero-order valence-electron chi connectivity index (χ0n) is 40.2. The lowest BCUT2D eigenvalue weighted by molar-refractivity contribution is 1.00. The summed E-state index contributed by atoms with van der Waals surface area (Å²) in [5.74, 6) is 3.67. The summed E-state index contributed by atoms with van der Waals surface area (Å²) in [7, 11) is 0. The number of nitrogens with zero attached hydrogens (tertiary/aromatic N) is 8. The van der Waals surface area contributed by atoms with E-state index in [1.807, 2.05) is 121 Å². The van der Waals surface area contributed by atoms with E-state index in [0.717, 1.165) is 88.0 Å². The molecule has 0 N–H and O–H groups in total. The molecule has 0 saturated carbocycles. The normalized spacial score (nSPS) is 11.9. The molecule has 75 heavy (non-hydrogen) atoms. The van der Waals surface area contributed by atoms with Gasteiger partial charge in [-0.05, 0) is 76.9 Å². The summed E-state index contributed by atoms with van der Waals surface area (Å²) in [5, 5.41) is 2.36. The number of anilines is 3. The molecule has 0 amide bonds. The van der Waals surface area contributed by atoms with Gasteiger partial charge in [0.25, 0.3) is 0 Å². The molecule has 4 heterocycles. The van der Waals surface area contributed by atoms with Crippen LogP contribution < -0.4 is 4.90 Å². The van der Waals surface area contributed by atoms with E-state index < -0.39 is 0 Å². The highest BCUT2D eigenvalue weighted by Gasteiger charge is 2.28. The molecule has 0 atom stereocenters. The van der Waals surface area contributed by atoms with Crippen molar-refractivity contribution in [1.29, 1.82) is 0 Å². The van der Waals surface area contributed by atoms with Gasteiger partial charge in [0, 0.05) is 54.1 Å². The molecule has 1 aliphatic heterocycles. The Morgan fingerprint density at radius 2 is 0.707 bits per heavy atom. The van der Waals surface area contributed by atoms with Crippen LogP contribution in [-0.2, 0) is 0 Å². The molecule has 352 valence electrons. The van der Waals surface area contributed by atoms with Gasteiger partial charge in [-0.25, -0.2) is 19.9 Å². The lowest BCUT2D eigenvalue weighted by Crippen LogP contribution is -2.18. The Bertz CT molecular complexity index is 4160. The summed E-state index contributed by atoms with van der Waals surface area (Å²) in [6.45, 7) is 0.